The van der Waals surface area contributed by atoms with Crippen LogP contribution in [0.25, 0.3) is 77.5 Å². The molecule has 10 aromatic carbocycles. The molecule has 0 spiro atoms. The van der Waals surface area contributed by atoms with E-state index in [1.165, 1.54) is 77.5 Å². The van der Waals surface area contributed by atoms with E-state index in [1.54, 1.807) is 0 Å². The Labute approximate surface area is 346 Å². The van der Waals surface area contributed by atoms with Gasteiger partial charge < -0.3 is 4.90 Å². The van der Waals surface area contributed by atoms with E-state index < -0.39 is 0 Å². The van der Waals surface area contributed by atoms with Crippen LogP contribution in [0.5, 0.6) is 0 Å². The van der Waals surface area contributed by atoms with E-state index >= 15 is 0 Å². The van der Waals surface area contributed by atoms with E-state index in [-0.39, 0.29) is 0 Å². The van der Waals surface area contributed by atoms with Crippen LogP contribution in [-0.2, 0) is 0 Å². The molecule has 0 aliphatic carbocycles. The number of para-hydroxylation sites is 1. The van der Waals surface area contributed by atoms with E-state index in [1.807, 2.05) is 0 Å². The fraction of sp³-hybridized carbons (Fsp3) is 0. The van der Waals surface area contributed by atoms with Gasteiger partial charge in [0, 0.05) is 16.9 Å². The highest BCUT2D eigenvalue weighted by Crippen LogP contribution is 2.42. The van der Waals surface area contributed by atoms with Crippen LogP contribution in [0.2, 0.25) is 0 Å². The fourth-order valence-electron chi connectivity index (χ4n) is 8.27. The van der Waals surface area contributed by atoms with Gasteiger partial charge in [-0.05, 0) is 114 Å². The maximum Gasteiger partial charge on any atom is 0.0540 e. The van der Waals surface area contributed by atoms with E-state index in [9.17, 15) is 0 Å². The third-order valence-corrected chi connectivity index (χ3v) is 11.3. The lowest BCUT2D eigenvalue weighted by molar-refractivity contribution is 1.28. The number of benzene rings is 10. The maximum atomic E-state index is 2.39. The van der Waals surface area contributed by atoms with Crippen LogP contribution >= 0.6 is 0 Å². The van der Waals surface area contributed by atoms with Crippen molar-refractivity contribution in [2.75, 3.05) is 4.90 Å². The average molecular weight is 752 g/mol. The molecule has 1 heteroatoms. The fourth-order valence-corrected chi connectivity index (χ4v) is 8.27. The van der Waals surface area contributed by atoms with Crippen LogP contribution in [0, 0.1) is 0 Å². The molecule has 0 aliphatic rings. The molecule has 10 aromatic rings. The van der Waals surface area contributed by atoms with Crippen LogP contribution in [0.1, 0.15) is 0 Å². The molecule has 59 heavy (non-hydrogen) atoms. The van der Waals surface area contributed by atoms with Crippen LogP contribution < -0.4 is 4.90 Å². The molecule has 10 rings (SSSR count). The Bertz CT molecular complexity index is 3000. The summed E-state index contributed by atoms with van der Waals surface area (Å²) in [5.74, 6) is 0. The van der Waals surface area contributed by atoms with Crippen molar-refractivity contribution in [2.24, 2.45) is 0 Å². The topological polar surface area (TPSA) is 3.24 Å². The Hall–Kier alpha value is -7.74. The quantitative estimate of drug-likeness (QED) is 0.142. The molecule has 0 heterocycles. The Morgan fingerprint density at radius 2 is 0.593 bits per heavy atom. The standard InChI is InChI=1S/C58H41N/c1-3-14-42(15-4-1)44-28-30-48(31-29-44)57-25-9-10-27-58(57)59(53-36-32-45(33-37-53)50-21-11-20-49(40-50)43-16-5-2-6-17-43)54-38-34-46(35-39-54)51-22-12-23-52(41-51)56-26-13-19-47-18-7-8-24-55(47)56/h1-41H. The molecule has 0 amide bonds. The molecule has 0 atom stereocenters. The SMILES string of the molecule is c1ccc(-c2ccc(-c3ccccc3N(c3ccc(-c4cccc(-c5ccccc5)c4)cc3)c3ccc(-c4cccc(-c5cccc6ccccc56)c4)cc3)cc2)cc1. The van der Waals surface area contributed by atoms with Crippen molar-refractivity contribution in [3.05, 3.63) is 249 Å². The Morgan fingerprint density at radius 3 is 1.22 bits per heavy atom. The molecule has 0 unspecified atom stereocenters. The molecule has 0 N–H and O–H groups in total. The molecule has 0 saturated heterocycles. The lowest BCUT2D eigenvalue weighted by Crippen LogP contribution is -2.11. The molecule has 1 nitrogen and oxygen atoms in total. The normalized spacial score (nSPS) is 11.1. The van der Waals surface area contributed by atoms with Gasteiger partial charge in [-0.2, -0.15) is 0 Å². The van der Waals surface area contributed by atoms with Crippen molar-refractivity contribution in [1.82, 2.24) is 0 Å². The first-order valence-corrected chi connectivity index (χ1v) is 20.2. The summed E-state index contributed by atoms with van der Waals surface area (Å²) >= 11 is 0. The number of rotatable bonds is 9. The zero-order valence-corrected chi connectivity index (χ0v) is 32.6. The number of fused-ring (bicyclic) bond motifs is 1. The molecule has 0 fully saturated rings. The molecule has 0 aliphatic heterocycles. The third-order valence-electron chi connectivity index (χ3n) is 11.3. The highest BCUT2D eigenvalue weighted by molar-refractivity contribution is 5.97. The minimum Gasteiger partial charge on any atom is -0.310 e. The van der Waals surface area contributed by atoms with Gasteiger partial charge in [-0.25, -0.2) is 0 Å². The average Bonchev–Trinajstić information content (AvgIpc) is 3.33. The smallest absolute Gasteiger partial charge is 0.0540 e. The van der Waals surface area contributed by atoms with Crippen LogP contribution in [-0.4, -0.2) is 0 Å². The number of hydrogen-bond acceptors (Lipinski definition) is 1. The summed E-state index contributed by atoms with van der Waals surface area (Å²) in [7, 11) is 0. The van der Waals surface area contributed by atoms with E-state index in [2.05, 4.69) is 254 Å². The van der Waals surface area contributed by atoms with Gasteiger partial charge in [-0.1, -0.05) is 206 Å². The van der Waals surface area contributed by atoms with Gasteiger partial charge in [-0.3, -0.25) is 0 Å². The van der Waals surface area contributed by atoms with Gasteiger partial charge in [0.2, 0.25) is 0 Å². The van der Waals surface area contributed by atoms with Gasteiger partial charge in [-0.15, -0.1) is 0 Å². The number of nitrogens with zero attached hydrogens (tertiary/aromatic N) is 1. The lowest BCUT2D eigenvalue weighted by atomic mass is 9.95. The van der Waals surface area contributed by atoms with Crippen LogP contribution in [0.15, 0.2) is 249 Å². The largest absolute Gasteiger partial charge is 0.310 e. The second kappa shape index (κ2) is 16.0. The molecular weight excluding hydrogens is 711 g/mol. The summed E-state index contributed by atoms with van der Waals surface area (Å²) in [6.07, 6.45) is 0. The Balaban J connectivity index is 1.04. The minimum atomic E-state index is 1.09. The second-order valence-corrected chi connectivity index (χ2v) is 14.9. The molecule has 0 bridgehead atoms. The van der Waals surface area contributed by atoms with Crippen molar-refractivity contribution >= 4 is 27.8 Å². The van der Waals surface area contributed by atoms with Crippen molar-refractivity contribution < 1.29 is 0 Å². The molecule has 0 radical (unpaired) electrons. The van der Waals surface area contributed by atoms with Crippen molar-refractivity contribution in [2.45, 2.75) is 0 Å². The summed E-state index contributed by atoms with van der Waals surface area (Å²) in [4.78, 5) is 2.39. The first kappa shape index (κ1) is 35.7. The van der Waals surface area contributed by atoms with Gasteiger partial charge >= 0.3 is 0 Å². The number of hydrogen-bond donors (Lipinski definition) is 0. The van der Waals surface area contributed by atoms with E-state index in [0.29, 0.717) is 0 Å². The molecule has 0 aromatic heterocycles. The summed E-state index contributed by atoms with van der Waals surface area (Å²) in [6, 6.07) is 89.8. The first-order chi connectivity index (χ1) is 29.2. The lowest BCUT2D eigenvalue weighted by Gasteiger charge is -2.28. The Morgan fingerprint density at radius 1 is 0.220 bits per heavy atom. The van der Waals surface area contributed by atoms with Gasteiger partial charge in [0.25, 0.3) is 0 Å². The summed E-state index contributed by atoms with van der Waals surface area (Å²) < 4.78 is 0. The zero-order chi connectivity index (χ0) is 39.4. The Kier molecular flexibility index (Phi) is 9.68. The van der Waals surface area contributed by atoms with E-state index in [4.69, 9.17) is 0 Å². The molecule has 0 saturated carbocycles. The predicted octanol–water partition coefficient (Wildman–Crippen LogP) is 16.3. The number of anilines is 3. The zero-order valence-electron chi connectivity index (χ0n) is 32.6. The molecular formula is C58H41N. The first-order valence-electron chi connectivity index (χ1n) is 20.2. The summed E-state index contributed by atoms with van der Waals surface area (Å²) in [5.41, 5.74) is 17.7. The minimum absolute atomic E-state index is 1.09. The monoisotopic (exact) mass is 751 g/mol. The highest BCUT2D eigenvalue weighted by atomic mass is 15.1. The molecule has 278 valence electrons. The predicted molar refractivity (Wildman–Crippen MR) is 251 cm³/mol. The van der Waals surface area contributed by atoms with Gasteiger partial charge in [0.05, 0.1) is 5.69 Å². The van der Waals surface area contributed by atoms with Crippen LogP contribution in [0.4, 0.5) is 17.1 Å². The van der Waals surface area contributed by atoms with Crippen molar-refractivity contribution in [1.29, 1.82) is 0 Å². The summed E-state index contributed by atoms with van der Waals surface area (Å²) in [6.45, 7) is 0. The third kappa shape index (κ3) is 7.34. The summed E-state index contributed by atoms with van der Waals surface area (Å²) in [5, 5.41) is 2.52. The van der Waals surface area contributed by atoms with Gasteiger partial charge in [0.15, 0.2) is 0 Å². The second-order valence-electron chi connectivity index (χ2n) is 14.9. The maximum absolute atomic E-state index is 2.39. The van der Waals surface area contributed by atoms with Crippen molar-refractivity contribution in [3.63, 3.8) is 0 Å². The van der Waals surface area contributed by atoms with E-state index in [0.717, 1.165) is 17.1 Å². The van der Waals surface area contributed by atoms with Crippen molar-refractivity contribution in [3.8, 4) is 66.8 Å². The highest BCUT2D eigenvalue weighted by Gasteiger charge is 2.18. The van der Waals surface area contributed by atoms with Gasteiger partial charge in [0.1, 0.15) is 0 Å². The van der Waals surface area contributed by atoms with Crippen LogP contribution in [0.3, 0.4) is 0 Å².